The zero-order valence-corrected chi connectivity index (χ0v) is 22.1. The van der Waals surface area contributed by atoms with Crippen LogP contribution in [0.3, 0.4) is 0 Å². The monoisotopic (exact) mass is 546 g/mol. The Morgan fingerprint density at radius 1 is 0.811 bits per heavy atom. The minimum atomic E-state index is -3.76. The van der Waals surface area contributed by atoms with Crippen molar-refractivity contribution in [1.29, 1.82) is 0 Å². The molecule has 1 aliphatic heterocycles. The first-order valence-corrected chi connectivity index (χ1v) is 14.3. The second kappa shape index (κ2) is 9.56. The number of allylic oxidation sites excluding steroid dienone is 2. The van der Waals surface area contributed by atoms with Crippen molar-refractivity contribution in [1.82, 2.24) is 0 Å². The molecule has 0 saturated carbocycles. The van der Waals surface area contributed by atoms with Crippen LogP contribution in [0.15, 0.2) is 108 Å². The van der Waals surface area contributed by atoms with Crippen LogP contribution >= 0.6 is 23.2 Å². The third-order valence-corrected chi connectivity index (χ3v) is 9.31. The Bertz CT molecular complexity index is 1600. The predicted octanol–water partition coefficient (Wildman–Crippen LogP) is 8.29. The van der Waals surface area contributed by atoms with E-state index in [2.05, 4.69) is 22.2 Å². The molecule has 2 N–H and O–H groups in total. The molecule has 0 bridgehead atoms. The molecule has 4 aromatic rings. The lowest BCUT2D eigenvalue weighted by atomic mass is 9.77. The molecule has 0 amide bonds. The lowest BCUT2D eigenvalue weighted by Crippen LogP contribution is -2.29. The van der Waals surface area contributed by atoms with Crippen LogP contribution < -0.4 is 10.0 Å². The van der Waals surface area contributed by atoms with Gasteiger partial charge in [-0.2, -0.15) is 0 Å². The lowest BCUT2D eigenvalue weighted by Gasteiger charge is -2.37. The third kappa shape index (κ3) is 4.63. The molecule has 7 heteroatoms. The fourth-order valence-corrected chi connectivity index (χ4v) is 6.75. The van der Waals surface area contributed by atoms with E-state index >= 15 is 0 Å². The van der Waals surface area contributed by atoms with Gasteiger partial charge in [-0.15, -0.1) is 0 Å². The summed E-state index contributed by atoms with van der Waals surface area (Å²) in [5, 5.41) is 4.68. The first-order valence-electron chi connectivity index (χ1n) is 12.1. The number of sulfonamides is 1. The van der Waals surface area contributed by atoms with Crippen molar-refractivity contribution in [3.05, 3.63) is 124 Å². The van der Waals surface area contributed by atoms with E-state index in [-0.39, 0.29) is 22.8 Å². The van der Waals surface area contributed by atoms with Gasteiger partial charge in [-0.25, -0.2) is 8.42 Å². The molecule has 0 fully saturated rings. The Hall–Kier alpha value is -3.25. The summed E-state index contributed by atoms with van der Waals surface area (Å²) in [6, 6.07) is 28.5. The van der Waals surface area contributed by atoms with Crippen molar-refractivity contribution in [2.24, 2.45) is 5.92 Å². The summed E-state index contributed by atoms with van der Waals surface area (Å²) in [5.74, 6) is 0.359. The predicted molar refractivity (Wildman–Crippen MR) is 152 cm³/mol. The summed E-state index contributed by atoms with van der Waals surface area (Å²) in [5.41, 5.74) is 5.61. The van der Waals surface area contributed by atoms with E-state index in [4.69, 9.17) is 23.2 Å². The molecule has 1 heterocycles. The van der Waals surface area contributed by atoms with E-state index in [1.165, 1.54) is 0 Å². The number of halogens is 2. The molecule has 37 heavy (non-hydrogen) atoms. The Morgan fingerprint density at radius 3 is 2.32 bits per heavy atom. The minimum absolute atomic E-state index is 0.0472. The third-order valence-electron chi connectivity index (χ3n) is 7.19. The number of hydrogen-bond acceptors (Lipinski definition) is 3. The van der Waals surface area contributed by atoms with Crippen molar-refractivity contribution < 1.29 is 8.42 Å². The first-order chi connectivity index (χ1) is 17.9. The van der Waals surface area contributed by atoms with Crippen LogP contribution in [-0.4, -0.2) is 8.42 Å². The van der Waals surface area contributed by atoms with Gasteiger partial charge in [0.1, 0.15) is 0 Å². The number of hydrogen-bond donors (Lipinski definition) is 2. The molecule has 0 aromatic heterocycles. The van der Waals surface area contributed by atoms with Crippen molar-refractivity contribution in [3.8, 4) is 11.1 Å². The van der Waals surface area contributed by atoms with Crippen molar-refractivity contribution in [2.45, 2.75) is 23.3 Å². The second-order valence-corrected chi connectivity index (χ2v) is 11.9. The number of fused-ring (bicyclic) bond motifs is 3. The van der Waals surface area contributed by atoms with Crippen molar-refractivity contribution >= 4 is 44.6 Å². The van der Waals surface area contributed by atoms with Gasteiger partial charge < -0.3 is 5.32 Å². The van der Waals surface area contributed by atoms with Gasteiger partial charge in [-0.05, 0) is 77.1 Å². The van der Waals surface area contributed by atoms with Crippen LogP contribution in [0.1, 0.15) is 29.5 Å². The maximum Gasteiger partial charge on any atom is 0.261 e. The Labute approximate surface area is 227 Å². The van der Waals surface area contributed by atoms with E-state index in [0.29, 0.717) is 15.7 Å². The number of nitrogens with one attached hydrogen (secondary N) is 2. The molecule has 1 aliphatic carbocycles. The summed E-state index contributed by atoms with van der Waals surface area (Å²) in [4.78, 5) is 0.243. The van der Waals surface area contributed by atoms with Gasteiger partial charge in [0.25, 0.3) is 10.0 Å². The largest absolute Gasteiger partial charge is 0.378 e. The van der Waals surface area contributed by atoms with E-state index in [1.807, 2.05) is 66.7 Å². The van der Waals surface area contributed by atoms with Crippen LogP contribution in [0.5, 0.6) is 0 Å². The maximum absolute atomic E-state index is 13.3. The summed E-state index contributed by atoms with van der Waals surface area (Å²) < 4.78 is 29.4. The maximum atomic E-state index is 13.3. The molecular formula is C30H24Cl2N2O2S. The standard InChI is InChI=1S/C30H24Cl2N2O2S/c31-27-15-11-21(17-28(27)32)30-25-8-4-7-24(25)26-18-23(14-16-29(26)33-30)37(35,36)34-22-12-9-20(10-13-22)19-5-2-1-3-6-19/h1-7,9-18,24-25,30,33-34H,8H2/t24-,25+,30+/m0/s1. The fraction of sp³-hybridized carbons (Fsp3) is 0.133. The van der Waals surface area contributed by atoms with Gasteiger partial charge in [0.15, 0.2) is 0 Å². The summed E-state index contributed by atoms with van der Waals surface area (Å²) >= 11 is 12.4. The summed E-state index contributed by atoms with van der Waals surface area (Å²) in [6.07, 6.45) is 5.25. The van der Waals surface area contributed by atoms with Crippen LogP contribution in [0.25, 0.3) is 11.1 Å². The zero-order valence-electron chi connectivity index (χ0n) is 19.7. The van der Waals surface area contributed by atoms with Crippen LogP contribution in [0, 0.1) is 5.92 Å². The number of benzene rings is 4. The van der Waals surface area contributed by atoms with Crippen LogP contribution in [0.2, 0.25) is 10.0 Å². The van der Waals surface area contributed by atoms with E-state index in [1.54, 1.807) is 24.3 Å². The average Bonchev–Trinajstić information content (AvgIpc) is 3.41. The molecule has 0 unspecified atom stereocenters. The number of rotatable bonds is 5. The highest BCUT2D eigenvalue weighted by molar-refractivity contribution is 7.92. The number of anilines is 2. The van der Waals surface area contributed by atoms with Gasteiger partial charge in [0.05, 0.1) is 21.0 Å². The lowest BCUT2D eigenvalue weighted by molar-refractivity contribution is 0.425. The molecule has 0 spiro atoms. The molecule has 0 saturated heterocycles. The highest BCUT2D eigenvalue weighted by Gasteiger charge is 2.38. The second-order valence-electron chi connectivity index (χ2n) is 9.45. The molecule has 186 valence electrons. The van der Waals surface area contributed by atoms with Gasteiger partial charge in [0.2, 0.25) is 0 Å². The fourth-order valence-electron chi connectivity index (χ4n) is 5.35. The topological polar surface area (TPSA) is 58.2 Å². The molecule has 2 aliphatic rings. The first kappa shape index (κ1) is 24.1. The quantitative estimate of drug-likeness (QED) is 0.247. The highest BCUT2D eigenvalue weighted by Crippen LogP contribution is 2.50. The molecule has 4 aromatic carbocycles. The highest BCUT2D eigenvalue weighted by atomic mass is 35.5. The Kier molecular flexibility index (Phi) is 6.23. The van der Waals surface area contributed by atoms with Crippen molar-refractivity contribution in [3.63, 3.8) is 0 Å². The molecule has 4 nitrogen and oxygen atoms in total. The summed E-state index contributed by atoms with van der Waals surface area (Å²) in [6.45, 7) is 0. The van der Waals surface area contributed by atoms with Gasteiger partial charge in [-0.1, -0.05) is 83.9 Å². The molecule has 0 radical (unpaired) electrons. The molecule has 3 atom stereocenters. The Morgan fingerprint density at radius 2 is 1.57 bits per heavy atom. The van der Waals surface area contributed by atoms with Crippen molar-refractivity contribution in [2.75, 3.05) is 10.0 Å². The van der Waals surface area contributed by atoms with Gasteiger partial charge >= 0.3 is 0 Å². The van der Waals surface area contributed by atoms with E-state index in [9.17, 15) is 8.42 Å². The van der Waals surface area contributed by atoms with Gasteiger partial charge in [0, 0.05) is 17.3 Å². The SMILES string of the molecule is O=S(=O)(Nc1ccc(-c2ccccc2)cc1)c1ccc2c(c1)[C@H]1C=CC[C@H]1[C@@H](c1ccc(Cl)c(Cl)c1)N2. The van der Waals surface area contributed by atoms with Crippen LogP contribution in [0.4, 0.5) is 11.4 Å². The molecule has 6 rings (SSSR count). The Balaban J connectivity index is 1.27. The van der Waals surface area contributed by atoms with Crippen LogP contribution in [-0.2, 0) is 10.0 Å². The van der Waals surface area contributed by atoms with Gasteiger partial charge in [-0.3, -0.25) is 4.72 Å². The normalized spacial score (nSPS) is 20.1. The molecular weight excluding hydrogens is 523 g/mol. The van der Waals surface area contributed by atoms with E-state index in [0.717, 1.165) is 34.4 Å². The minimum Gasteiger partial charge on any atom is -0.378 e. The van der Waals surface area contributed by atoms with E-state index < -0.39 is 10.0 Å². The smallest absolute Gasteiger partial charge is 0.261 e. The zero-order chi connectivity index (χ0) is 25.6. The summed E-state index contributed by atoms with van der Waals surface area (Å²) in [7, 11) is -3.76. The average molecular weight is 548 g/mol.